The lowest BCUT2D eigenvalue weighted by atomic mass is 10.1. The molecule has 1 aliphatic heterocycles. The van der Waals surface area contributed by atoms with Gasteiger partial charge in [-0.15, -0.1) is 5.10 Å². The third kappa shape index (κ3) is 3.42. The van der Waals surface area contributed by atoms with Crippen LogP contribution in [-0.2, 0) is 23.9 Å². The van der Waals surface area contributed by atoms with Crippen molar-refractivity contribution in [3.05, 3.63) is 24.3 Å². The first-order valence-electron chi connectivity index (χ1n) is 7.76. The van der Waals surface area contributed by atoms with Gasteiger partial charge < -0.3 is 4.90 Å². The number of aryl methyl sites for hydroxylation is 1. The summed E-state index contributed by atoms with van der Waals surface area (Å²) in [5, 5.41) is 12.5. The Morgan fingerprint density at radius 3 is 2.57 bits per heavy atom. The lowest BCUT2D eigenvalue weighted by Gasteiger charge is -2.33. The molecule has 2 aromatic rings. The summed E-state index contributed by atoms with van der Waals surface area (Å²) >= 11 is 0. The van der Waals surface area contributed by atoms with E-state index in [1.807, 2.05) is 24.1 Å². The molecule has 1 saturated heterocycles. The van der Waals surface area contributed by atoms with Crippen LogP contribution < -0.4 is 4.90 Å². The minimum atomic E-state index is -0.0833. The molecule has 0 N–H and O–H groups in total. The van der Waals surface area contributed by atoms with E-state index in [0.29, 0.717) is 19.6 Å². The van der Waals surface area contributed by atoms with Gasteiger partial charge in [-0.05, 0) is 20.8 Å². The Hall–Kier alpha value is -2.22. The summed E-state index contributed by atoms with van der Waals surface area (Å²) in [6.45, 7) is 8.76. The van der Waals surface area contributed by atoms with E-state index in [4.69, 9.17) is 0 Å². The van der Waals surface area contributed by atoms with Crippen LogP contribution in [0.15, 0.2) is 18.6 Å². The van der Waals surface area contributed by atoms with Crippen LogP contribution in [0, 0.1) is 0 Å². The van der Waals surface area contributed by atoms with Gasteiger partial charge in [0.25, 0.3) is 0 Å². The molecule has 1 amide bonds. The van der Waals surface area contributed by atoms with Gasteiger partial charge >= 0.3 is 0 Å². The van der Waals surface area contributed by atoms with Gasteiger partial charge in [-0.2, -0.15) is 5.10 Å². The molecular weight excluding hydrogens is 294 g/mol. The monoisotopic (exact) mass is 317 g/mol. The fourth-order valence-electron chi connectivity index (χ4n) is 2.61. The van der Waals surface area contributed by atoms with Crippen molar-refractivity contribution in [2.45, 2.75) is 32.9 Å². The Kier molecular flexibility index (Phi) is 3.93. The van der Waals surface area contributed by atoms with Gasteiger partial charge in [-0.1, -0.05) is 5.21 Å². The highest BCUT2D eigenvalue weighted by Gasteiger charge is 2.26. The van der Waals surface area contributed by atoms with E-state index in [1.54, 1.807) is 15.8 Å². The van der Waals surface area contributed by atoms with Crippen molar-refractivity contribution in [3.8, 4) is 0 Å². The molecular formula is C15H23N7O. The molecule has 1 aliphatic rings. The molecule has 0 saturated carbocycles. The molecule has 0 spiro atoms. The lowest BCUT2D eigenvalue weighted by molar-refractivity contribution is -0.121. The van der Waals surface area contributed by atoms with E-state index in [9.17, 15) is 4.79 Å². The molecule has 0 radical (unpaired) electrons. The number of carbonyl (C=O) groups excluding carboxylic acids is 1. The molecule has 2 aromatic heterocycles. The maximum atomic E-state index is 12.4. The molecule has 8 nitrogen and oxygen atoms in total. The summed E-state index contributed by atoms with van der Waals surface area (Å²) in [5.74, 6) is 0.0902. The summed E-state index contributed by atoms with van der Waals surface area (Å²) in [7, 11) is 1.85. The van der Waals surface area contributed by atoms with Gasteiger partial charge in [0, 0.05) is 32.9 Å². The first-order chi connectivity index (χ1) is 10.8. The third-order valence-corrected chi connectivity index (χ3v) is 3.92. The number of anilines is 1. The summed E-state index contributed by atoms with van der Waals surface area (Å²) in [6, 6.07) is 0. The van der Waals surface area contributed by atoms with E-state index in [0.717, 1.165) is 17.9 Å². The zero-order valence-electron chi connectivity index (χ0n) is 14.1. The molecule has 8 heteroatoms. The SMILES string of the molecule is Cn1cc(N2CCN(Cc3cn(C(C)(C)C)nn3)CC2=O)cn1. The van der Waals surface area contributed by atoms with Crippen molar-refractivity contribution in [3.63, 3.8) is 0 Å². The normalized spacial score (nSPS) is 17.0. The molecule has 0 unspecified atom stereocenters. The number of aromatic nitrogens is 5. The van der Waals surface area contributed by atoms with Crippen LogP contribution in [0.25, 0.3) is 0 Å². The number of hydrogen-bond acceptors (Lipinski definition) is 5. The van der Waals surface area contributed by atoms with Crippen LogP contribution in [0.5, 0.6) is 0 Å². The third-order valence-electron chi connectivity index (χ3n) is 3.92. The standard InChI is InChI=1S/C15H23N7O/c1-15(2,3)22-9-12(17-18-22)8-20-5-6-21(14(23)11-20)13-7-16-19(4)10-13/h7,9-10H,5-6,8,11H2,1-4H3. The number of nitrogens with zero attached hydrogens (tertiary/aromatic N) is 7. The van der Waals surface area contributed by atoms with Crippen molar-refractivity contribution in [2.75, 3.05) is 24.5 Å². The predicted molar refractivity (Wildman–Crippen MR) is 85.9 cm³/mol. The van der Waals surface area contributed by atoms with Gasteiger partial charge in [0.15, 0.2) is 0 Å². The van der Waals surface area contributed by atoms with E-state index in [1.165, 1.54) is 0 Å². The lowest BCUT2D eigenvalue weighted by Crippen LogP contribution is -2.50. The molecule has 3 heterocycles. The summed E-state index contributed by atoms with van der Waals surface area (Å²) in [5.41, 5.74) is 1.67. The summed E-state index contributed by atoms with van der Waals surface area (Å²) in [6.07, 6.45) is 5.54. The fraction of sp³-hybridized carbons (Fsp3) is 0.600. The molecule has 1 fully saturated rings. The van der Waals surface area contributed by atoms with Crippen LogP contribution in [0.2, 0.25) is 0 Å². The molecule has 0 aromatic carbocycles. The van der Waals surface area contributed by atoms with Gasteiger partial charge in [-0.25, -0.2) is 4.68 Å². The first kappa shape index (κ1) is 15.7. The van der Waals surface area contributed by atoms with Crippen molar-refractivity contribution in [2.24, 2.45) is 7.05 Å². The highest BCUT2D eigenvalue weighted by molar-refractivity contribution is 5.95. The number of rotatable bonds is 3. The topological polar surface area (TPSA) is 72.1 Å². The van der Waals surface area contributed by atoms with Crippen LogP contribution >= 0.6 is 0 Å². The molecule has 23 heavy (non-hydrogen) atoms. The Morgan fingerprint density at radius 1 is 1.22 bits per heavy atom. The van der Waals surface area contributed by atoms with Crippen molar-refractivity contribution in [1.82, 2.24) is 29.7 Å². The fourth-order valence-corrected chi connectivity index (χ4v) is 2.61. The summed E-state index contributed by atoms with van der Waals surface area (Å²) < 4.78 is 3.57. The van der Waals surface area contributed by atoms with Crippen molar-refractivity contribution >= 4 is 11.6 Å². The van der Waals surface area contributed by atoms with E-state index < -0.39 is 0 Å². The van der Waals surface area contributed by atoms with Crippen molar-refractivity contribution < 1.29 is 4.79 Å². The van der Waals surface area contributed by atoms with E-state index >= 15 is 0 Å². The van der Waals surface area contributed by atoms with Crippen LogP contribution in [0.4, 0.5) is 5.69 Å². The minimum Gasteiger partial charge on any atom is -0.307 e. The number of piperazine rings is 1. The number of hydrogen-bond donors (Lipinski definition) is 0. The molecule has 0 aliphatic carbocycles. The molecule has 3 rings (SSSR count). The number of carbonyl (C=O) groups is 1. The largest absolute Gasteiger partial charge is 0.307 e. The zero-order chi connectivity index (χ0) is 16.6. The quantitative estimate of drug-likeness (QED) is 0.829. The molecule has 124 valence electrons. The Bertz CT molecular complexity index is 697. The predicted octanol–water partition coefficient (Wildman–Crippen LogP) is 0.615. The highest BCUT2D eigenvalue weighted by atomic mass is 16.2. The second kappa shape index (κ2) is 5.77. The van der Waals surface area contributed by atoms with Gasteiger partial charge in [0.05, 0.1) is 35.9 Å². The minimum absolute atomic E-state index is 0.0833. The highest BCUT2D eigenvalue weighted by Crippen LogP contribution is 2.17. The Labute approximate surface area is 135 Å². The summed E-state index contributed by atoms with van der Waals surface area (Å²) in [4.78, 5) is 16.3. The van der Waals surface area contributed by atoms with Crippen LogP contribution in [0.1, 0.15) is 26.5 Å². The van der Waals surface area contributed by atoms with Crippen molar-refractivity contribution in [1.29, 1.82) is 0 Å². The average Bonchev–Trinajstić information content (AvgIpc) is 3.08. The molecule has 0 atom stereocenters. The molecule has 0 bridgehead atoms. The van der Waals surface area contributed by atoms with Gasteiger partial charge in [0.1, 0.15) is 0 Å². The Balaban J connectivity index is 1.62. The van der Waals surface area contributed by atoms with E-state index in [2.05, 4.69) is 41.1 Å². The van der Waals surface area contributed by atoms with E-state index in [-0.39, 0.29) is 11.4 Å². The van der Waals surface area contributed by atoms with Gasteiger partial charge in [0.2, 0.25) is 5.91 Å². The second-order valence-electron chi connectivity index (χ2n) is 6.95. The van der Waals surface area contributed by atoms with Crippen LogP contribution in [-0.4, -0.2) is 55.2 Å². The first-order valence-corrected chi connectivity index (χ1v) is 7.76. The van der Waals surface area contributed by atoms with Crippen LogP contribution in [0.3, 0.4) is 0 Å². The Morgan fingerprint density at radius 2 is 2.00 bits per heavy atom. The number of amides is 1. The maximum absolute atomic E-state index is 12.4. The smallest absolute Gasteiger partial charge is 0.241 e. The average molecular weight is 317 g/mol. The second-order valence-corrected chi connectivity index (χ2v) is 6.95. The van der Waals surface area contributed by atoms with Gasteiger partial charge in [-0.3, -0.25) is 14.4 Å². The maximum Gasteiger partial charge on any atom is 0.241 e. The zero-order valence-corrected chi connectivity index (χ0v) is 14.1.